The molecule has 0 aliphatic carbocycles. The van der Waals surface area contributed by atoms with E-state index in [0.717, 1.165) is 16.8 Å². The Labute approximate surface area is 164 Å². The van der Waals surface area contributed by atoms with E-state index in [1.54, 1.807) is 16.6 Å². The highest BCUT2D eigenvalue weighted by molar-refractivity contribution is 5.79. The SMILES string of the molecule is CCc1nn2ccccc2c1-c1nc(N)nc(Nc2ccc(OC(F)F)cc2)n1. The van der Waals surface area contributed by atoms with Gasteiger partial charge >= 0.3 is 6.61 Å². The zero-order chi connectivity index (χ0) is 20.4. The van der Waals surface area contributed by atoms with E-state index < -0.39 is 6.61 Å². The van der Waals surface area contributed by atoms with Gasteiger partial charge in [-0.05, 0) is 42.8 Å². The molecule has 0 atom stereocenters. The largest absolute Gasteiger partial charge is 0.435 e. The molecule has 0 fully saturated rings. The third kappa shape index (κ3) is 3.91. The molecule has 8 nitrogen and oxygen atoms in total. The lowest BCUT2D eigenvalue weighted by Crippen LogP contribution is -2.06. The number of pyridine rings is 1. The number of hydrogen-bond acceptors (Lipinski definition) is 7. The van der Waals surface area contributed by atoms with Crippen molar-refractivity contribution in [1.29, 1.82) is 0 Å². The summed E-state index contributed by atoms with van der Waals surface area (Å²) in [4.78, 5) is 12.9. The van der Waals surface area contributed by atoms with Gasteiger partial charge in [0.2, 0.25) is 11.9 Å². The molecule has 0 bridgehead atoms. The number of benzene rings is 1. The number of hydrogen-bond donors (Lipinski definition) is 2. The zero-order valence-electron chi connectivity index (χ0n) is 15.4. The molecule has 10 heteroatoms. The van der Waals surface area contributed by atoms with Crippen molar-refractivity contribution in [2.45, 2.75) is 20.0 Å². The van der Waals surface area contributed by atoms with E-state index in [2.05, 4.69) is 30.1 Å². The molecule has 0 amide bonds. The zero-order valence-corrected chi connectivity index (χ0v) is 15.4. The number of aryl methyl sites for hydroxylation is 1. The van der Waals surface area contributed by atoms with Crippen molar-refractivity contribution in [2.75, 3.05) is 11.1 Å². The molecule has 0 aliphatic heterocycles. The summed E-state index contributed by atoms with van der Waals surface area (Å²) >= 11 is 0. The van der Waals surface area contributed by atoms with Gasteiger partial charge in [-0.25, -0.2) is 4.52 Å². The van der Waals surface area contributed by atoms with Crippen LogP contribution in [0.2, 0.25) is 0 Å². The van der Waals surface area contributed by atoms with Crippen molar-refractivity contribution >= 4 is 23.1 Å². The van der Waals surface area contributed by atoms with Gasteiger partial charge in [0.15, 0.2) is 5.82 Å². The van der Waals surface area contributed by atoms with Gasteiger partial charge in [0.1, 0.15) is 5.75 Å². The molecule has 0 radical (unpaired) electrons. The van der Waals surface area contributed by atoms with Gasteiger partial charge in [0, 0.05) is 11.9 Å². The number of alkyl halides is 2. The van der Waals surface area contributed by atoms with E-state index in [0.29, 0.717) is 17.9 Å². The predicted octanol–water partition coefficient (Wildman–Crippen LogP) is 3.68. The predicted molar refractivity (Wildman–Crippen MR) is 104 cm³/mol. The monoisotopic (exact) mass is 397 g/mol. The summed E-state index contributed by atoms with van der Waals surface area (Å²) in [6.45, 7) is -0.879. The van der Waals surface area contributed by atoms with Crippen molar-refractivity contribution < 1.29 is 13.5 Å². The van der Waals surface area contributed by atoms with Crippen LogP contribution < -0.4 is 15.8 Å². The smallest absolute Gasteiger partial charge is 0.387 e. The lowest BCUT2D eigenvalue weighted by molar-refractivity contribution is -0.0498. The maximum Gasteiger partial charge on any atom is 0.387 e. The third-order valence-electron chi connectivity index (χ3n) is 4.16. The second kappa shape index (κ2) is 7.66. The number of nitrogens with zero attached hydrogens (tertiary/aromatic N) is 5. The van der Waals surface area contributed by atoms with Gasteiger partial charge in [-0.2, -0.15) is 28.8 Å². The number of rotatable bonds is 6. The Morgan fingerprint density at radius 3 is 2.62 bits per heavy atom. The molecule has 3 heterocycles. The van der Waals surface area contributed by atoms with Crippen LogP contribution >= 0.6 is 0 Å². The molecule has 148 valence electrons. The summed E-state index contributed by atoms with van der Waals surface area (Å²) in [5, 5.41) is 7.56. The minimum atomic E-state index is -2.88. The van der Waals surface area contributed by atoms with Gasteiger partial charge < -0.3 is 15.8 Å². The maximum atomic E-state index is 12.3. The first-order valence-electron chi connectivity index (χ1n) is 8.83. The molecular weight excluding hydrogens is 380 g/mol. The van der Waals surface area contributed by atoms with E-state index >= 15 is 0 Å². The van der Waals surface area contributed by atoms with Gasteiger partial charge in [0.25, 0.3) is 0 Å². The third-order valence-corrected chi connectivity index (χ3v) is 4.16. The number of halogens is 2. The van der Waals surface area contributed by atoms with Crippen molar-refractivity contribution in [3.8, 4) is 17.1 Å². The number of aromatic nitrogens is 5. The van der Waals surface area contributed by atoms with Crippen LogP contribution in [-0.2, 0) is 6.42 Å². The van der Waals surface area contributed by atoms with Crippen LogP contribution in [0.4, 0.5) is 26.4 Å². The van der Waals surface area contributed by atoms with Gasteiger partial charge in [-0.15, -0.1) is 0 Å². The van der Waals surface area contributed by atoms with E-state index in [4.69, 9.17) is 5.73 Å². The second-order valence-corrected chi connectivity index (χ2v) is 6.07. The fraction of sp³-hybridized carbons (Fsp3) is 0.158. The summed E-state index contributed by atoms with van der Waals surface area (Å²) in [6, 6.07) is 11.7. The fourth-order valence-electron chi connectivity index (χ4n) is 2.95. The molecule has 4 aromatic rings. The van der Waals surface area contributed by atoms with Crippen molar-refractivity contribution in [3.05, 3.63) is 54.4 Å². The molecule has 0 aliphatic rings. The van der Waals surface area contributed by atoms with Crippen LogP contribution in [0.15, 0.2) is 48.7 Å². The Morgan fingerprint density at radius 1 is 1.10 bits per heavy atom. The molecule has 4 rings (SSSR count). The molecule has 0 saturated heterocycles. The molecule has 29 heavy (non-hydrogen) atoms. The number of ether oxygens (including phenoxy) is 1. The average molecular weight is 397 g/mol. The maximum absolute atomic E-state index is 12.3. The number of nitrogen functional groups attached to an aromatic ring is 1. The summed E-state index contributed by atoms with van der Waals surface area (Å²) < 4.78 is 30.7. The Kier molecular flexibility index (Phi) is 4.90. The van der Waals surface area contributed by atoms with Crippen molar-refractivity contribution in [3.63, 3.8) is 0 Å². The molecule has 0 saturated carbocycles. The summed E-state index contributed by atoms with van der Waals surface area (Å²) in [6.07, 6.45) is 2.54. The quantitative estimate of drug-likeness (QED) is 0.512. The molecular formula is C19H17F2N7O. The van der Waals surface area contributed by atoms with E-state index in [1.807, 2.05) is 31.3 Å². The highest BCUT2D eigenvalue weighted by atomic mass is 19.3. The first-order valence-corrected chi connectivity index (χ1v) is 8.83. The van der Waals surface area contributed by atoms with Crippen LogP contribution in [0, 0.1) is 0 Å². The van der Waals surface area contributed by atoms with Crippen LogP contribution in [-0.4, -0.2) is 31.2 Å². The number of nitrogens with two attached hydrogens (primary N) is 1. The Morgan fingerprint density at radius 2 is 1.90 bits per heavy atom. The minimum absolute atomic E-state index is 0.0486. The standard InChI is InChI=1S/C19H17F2N7O/c1-2-13-15(14-5-3-4-10-28(14)27-13)16-24-18(22)26-19(25-16)23-11-6-8-12(9-7-11)29-17(20)21/h3-10,17H,2H2,1H3,(H3,22,23,24,25,26). The average Bonchev–Trinajstić information content (AvgIpc) is 3.07. The van der Waals surface area contributed by atoms with Gasteiger partial charge in [-0.1, -0.05) is 13.0 Å². The fourth-order valence-corrected chi connectivity index (χ4v) is 2.95. The lowest BCUT2D eigenvalue weighted by atomic mass is 10.1. The van der Waals surface area contributed by atoms with E-state index in [1.165, 1.54) is 12.1 Å². The number of anilines is 3. The summed E-state index contributed by atoms with van der Waals surface area (Å²) in [5.74, 6) is 0.732. The Balaban J connectivity index is 1.69. The molecule has 0 unspecified atom stereocenters. The van der Waals surface area contributed by atoms with E-state index in [9.17, 15) is 8.78 Å². The second-order valence-electron chi connectivity index (χ2n) is 6.07. The minimum Gasteiger partial charge on any atom is -0.435 e. The first kappa shape index (κ1) is 18.5. The van der Waals surface area contributed by atoms with Crippen molar-refractivity contribution in [2.24, 2.45) is 0 Å². The number of fused-ring (bicyclic) bond motifs is 1. The van der Waals surface area contributed by atoms with E-state index in [-0.39, 0.29) is 17.6 Å². The molecule has 1 aromatic carbocycles. The van der Waals surface area contributed by atoms with Crippen LogP contribution in [0.1, 0.15) is 12.6 Å². The topological polar surface area (TPSA) is 103 Å². The summed E-state index contributed by atoms with van der Waals surface area (Å²) in [5.41, 5.74) is 8.96. The normalized spacial score (nSPS) is 11.2. The Hall–Kier alpha value is -3.82. The molecule has 3 N–H and O–H groups in total. The van der Waals surface area contributed by atoms with Crippen molar-refractivity contribution in [1.82, 2.24) is 24.6 Å². The van der Waals surface area contributed by atoms with Crippen LogP contribution in [0.3, 0.4) is 0 Å². The lowest BCUT2D eigenvalue weighted by Gasteiger charge is -2.09. The van der Waals surface area contributed by atoms with Gasteiger partial charge in [0.05, 0.1) is 16.8 Å². The van der Waals surface area contributed by atoms with Crippen LogP contribution in [0.5, 0.6) is 5.75 Å². The van der Waals surface area contributed by atoms with Gasteiger partial charge in [-0.3, -0.25) is 0 Å². The first-order chi connectivity index (χ1) is 14.0. The Bertz CT molecular complexity index is 1150. The molecule has 0 spiro atoms. The summed E-state index contributed by atoms with van der Waals surface area (Å²) in [7, 11) is 0. The molecule has 3 aromatic heterocycles. The highest BCUT2D eigenvalue weighted by Gasteiger charge is 2.17. The van der Waals surface area contributed by atoms with Crippen LogP contribution in [0.25, 0.3) is 16.9 Å². The highest BCUT2D eigenvalue weighted by Crippen LogP contribution is 2.28. The number of nitrogens with one attached hydrogen (secondary N) is 1.